The predicted octanol–water partition coefficient (Wildman–Crippen LogP) is 2.73. The van der Waals surface area contributed by atoms with Gasteiger partial charge in [-0.15, -0.1) is 11.8 Å². The van der Waals surface area contributed by atoms with Crippen LogP contribution in [0.4, 0.5) is 0 Å². The normalized spacial score (nSPS) is 10.7. The maximum absolute atomic E-state index is 12.4. The number of rotatable bonds is 6. The van der Waals surface area contributed by atoms with Crippen LogP contribution in [0.1, 0.15) is 10.4 Å². The van der Waals surface area contributed by atoms with Gasteiger partial charge in [0.2, 0.25) is 0 Å². The molecule has 0 aliphatic rings. The molecule has 0 bridgehead atoms. The average molecular weight is 326 g/mol. The molecule has 2 aromatic heterocycles. The van der Waals surface area contributed by atoms with Crippen molar-refractivity contribution in [2.24, 2.45) is 7.05 Å². The van der Waals surface area contributed by atoms with Crippen LogP contribution in [0.25, 0.3) is 5.82 Å². The molecule has 1 aromatic carbocycles. The molecule has 6 heteroatoms. The first-order valence-corrected chi connectivity index (χ1v) is 8.35. The summed E-state index contributed by atoms with van der Waals surface area (Å²) in [5.74, 6) is 1.49. The van der Waals surface area contributed by atoms with Crippen molar-refractivity contribution in [3.63, 3.8) is 0 Å². The fraction of sp³-hybridized carbons (Fsp3) is 0.176. The highest BCUT2D eigenvalue weighted by Gasteiger charge is 2.16. The van der Waals surface area contributed by atoms with Gasteiger partial charge in [-0.05, 0) is 24.3 Å². The summed E-state index contributed by atoms with van der Waals surface area (Å²) in [7, 11) is 1.83. The summed E-state index contributed by atoms with van der Waals surface area (Å²) >= 11 is 1.72. The average Bonchev–Trinajstić information content (AvgIpc) is 3.21. The third kappa shape index (κ3) is 3.65. The van der Waals surface area contributed by atoms with E-state index in [2.05, 4.69) is 22.5 Å². The van der Waals surface area contributed by atoms with Crippen molar-refractivity contribution in [1.82, 2.24) is 19.7 Å². The molecular formula is C17H18N4OS. The van der Waals surface area contributed by atoms with Crippen LogP contribution < -0.4 is 5.32 Å². The SMILES string of the molecule is Cn1ncc(C(=O)NCCSc2ccccc2)c1-n1cccc1. The summed E-state index contributed by atoms with van der Waals surface area (Å²) in [5, 5.41) is 7.16. The minimum Gasteiger partial charge on any atom is -0.351 e. The molecule has 3 aromatic rings. The Balaban J connectivity index is 1.59. The van der Waals surface area contributed by atoms with Gasteiger partial charge in [-0.25, -0.2) is 0 Å². The number of nitrogens with zero attached hydrogens (tertiary/aromatic N) is 3. The van der Waals surface area contributed by atoms with Crippen LogP contribution in [0.5, 0.6) is 0 Å². The molecule has 3 rings (SSSR count). The molecule has 1 N–H and O–H groups in total. The zero-order chi connectivity index (χ0) is 16.1. The highest BCUT2D eigenvalue weighted by atomic mass is 32.2. The second-order valence-corrected chi connectivity index (χ2v) is 6.18. The number of thioether (sulfide) groups is 1. The Bertz CT molecular complexity index is 765. The van der Waals surface area contributed by atoms with E-state index >= 15 is 0 Å². The maximum Gasteiger partial charge on any atom is 0.256 e. The molecule has 1 amide bonds. The molecule has 0 radical (unpaired) electrons. The van der Waals surface area contributed by atoms with Gasteiger partial charge in [0.1, 0.15) is 11.4 Å². The molecule has 5 nitrogen and oxygen atoms in total. The lowest BCUT2D eigenvalue weighted by molar-refractivity contribution is 0.0956. The van der Waals surface area contributed by atoms with Crippen molar-refractivity contribution in [3.05, 3.63) is 66.6 Å². The Morgan fingerprint density at radius 2 is 1.91 bits per heavy atom. The Labute approximate surface area is 139 Å². The third-order valence-corrected chi connectivity index (χ3v) is 4.41. The monoisotopic (exact) mass is 326 g/mol. The molecule has 0 fully saturated rings. The number of hydrogen-bond donors (Lipinski definition) is 1. The smallest absolute Gasteiger partial charge is 0.256 e. The lowest BCUT2D eigenvalue weighted by atomic mass is 10.3. The molecule has 2 heterocycles. The van der Waals surface area contributed by atoms with Gasteiger partial charge in [0.25, 0.3) is 5.91 Å². The molecule has 0 spiro atoms. The van der Waals surface area contributed by atoms with Crippen molar-refractivity contribution < 1.29 is 4.79 Å². The zero-order valence-electron chi connectivity index (χ0n) is 12.8. The number of benzene rings is 1. The number of aromatic nitrogens is 3. The number of aryl methyl sites for hydroxylation is 1. The van der Waals surface area contributed by atoms with Gasteiger partial charge in [0.05, 0.1) is 6.20 Å². The van der Waals surface area contributed by atoms with Gasteiger partial charge in [-0.3, -0.25) is 9.48 Å². The second kappa shape index (κ2) is 7.19. The van der Waals surface area contributed by atoms with E-state index in [4.69, 9.17) is 0 Å². The largest absolute Gasteiger partial charge is 0.351 e. The van der Waals surface area contributed by atoms with Crippen LogP contribution in [-0.2, 0) is 7.05 Å². The summed E-state index contributed by atoms with van der Waals surface area (Å²) in [6.07, 6.45) is 5.41. The van der Waals surface area contributed by atoms with Crippen LogP contribution in [0.2, 0.25) is 0 Å². The molecular weight excluding hydrogens is 308 g/mol. The maximum atomic E-state index is 12.4. The number of nitrogens with one attached hydrogen (secondary N) is 1. The topological polar surface area (TPSA) is 51.9 Å². The fourth-order valence-electron chi connectivity index (χ4n) is 2.32. The standard InChI is InChI=1S/C17H18N4OS/c1-20-17(21-10-5-6-11-21)15(13-19-20)16(22)18-9-12-23-14-7-3-2-4-8-14/h2-8,10-11,13H,9,12H2,1H3,(H,18,22). The number of amides is 1. The van der Waals surface area contributed by atoms with E-state index in [1.165, 1.54) is 4.90 Å². The second-order valence-electron chi connectivity index (χ2n) is 5.01. The van der Waals surface area contributed by atoms with Crippen LogP contribution >= 0.6 is 11.8 Å². The van der Waals surface area contributed by atoms with Crippen molar-refractivity contribution in [2.75, 3.05) is 12.3 Å². The van der Waals surface area contributed by atoms with E-state index in [1.807, 2.05) is 54.3 Å². The van der Waals surface area contributed by atoms with Crippen molar-refractivity contribution >= 4 is 17.7 Å². The summed E-state index contributed by atoms with van der Waals surface area (Å²) < 4.78 is 3.59. The quantitative estimate of drug-likeness (QED) is 0.560. The van der Waals surface area contributed by atoms with Gasteiger partial charge in [-0.1, -0.05) is 18.2 Å². The summed E-state index contributed by atoms with van der Waals surface area (Å²) in [5.41, 5.74) is 0.577. The van der Waals surface area contributed by atoms with E-state index in [9.17, 15) is 4.79 Å². The van der Waals surface area contributed by atoms with E-state index in [0.29, 0.717) is 12.1 Å². The van der Waals surface area contributed by atoms with Crippen LogP contribution in [0, 0.1) is 0 Å². The first-order valence-electron chi connectivity index (χ1n) is 7.37. The molecule has 0 atom stereocenters. The van der Waals surface area contributed by atoms with Gasteiger partial charge in [0, 0.05) is 36.6 Å². The van der Waals surface area contributed by atoms with E-state index in [0.717, 1.165) is 11.6 Å². The Hall–Kier alpha value is -2.47. The van der Waals surface area contributed by atoms with E-state index in [-0.39, 0.29) is 5.91 Å². The molecule has 0 saturated carbocycles. The Kier molecular flexibility index (Phi) is 4.83. The molecule has 0 aliphatic carbocycles. The summed E-state index contributed by atoms with van der Waals surface area (Å²) in [4.78, 5) is 13.6. The number of carbonyl (C=O) groups is 1. The highest BCUT2D eigenvalue weighted by molar-refractivity contribution is 7.99. The van der Waals surface area contributed by atoms with Crippen molar-refractivity contribution in [2.45, 2.75) is 4.90 Å². The van der Waals surface area contributed by atoms with E-state index in [1.54, 1.807) is 22.6 Å². The molecule has 118 valence electrons. The van der Waals surface area contributed by atoms with E-state index < -0.39 is 0 Å². The predicted molar refractivity (Wildman–Crippen MR) is 92.0 cm³/mol. The Morgan fingerprint density at radius 1 is 1.17 bits per heavy atom. The lowest BCUT2D eigenvalue weighted by Crippen LogP contribution is -2.26. The molecule has 0 aliphatic heterocycles. The number of carbonyl (C=O) groups excluding carboxylic acids is 1. The number of hydrogen-bond acceptors (Lipinski definition) is 3. The lowest BCUT2D eigenvalue weighted by Gasteiger charge is -2.08. The molecule has 0 unspecified atom stereocenters. The fourth-order valence-corrected chi connectivity index (χ4v) is 3.11. The van der Waals surface area contributed by atoms with Gasteiger partial charge < -0.3 is 9.88 Å². The molecule has 23 heavy (non-hydrogen) atoms. The van der Waals surface area contributed by atoms with Crippen LogP contribution in [0.15, 0.2) is 66.0 Å². The first-order chi connectivity index (χ1) is 11.3. The van der Waals surface area contributed by atoms with Crippen molar-refractivity contribution in [1.29, 1.82) is 0 Å². The van der Waals surface area contributed by atoms with Gasteiger partial charge in [0.15, 0.2) is 0 Å². The summed E-state index contributed by atoms with van der Waals surface area (Å²) in [6.45, 7) is 0.610. The van der Waals surface area contributed by atoms with Crippen molar-refractivity contribution in [3.8, 4) is 5.82 Å². The zero-order valence-corrected chi connectivity index (χ0v) is 13.7. The van der Waals surface area contributed by atoms with Gasteiger partial charge in [-0.2, -0.15) is 5.10 Å². The van der Waals surface area contributed by atoms with Crippen LogP contribution in [-0.4, -0.2) is 32.6 Å². The van der Waals surface area contributed by atoms with Gasteiger partial charge >= 0.3 is 0 Å². The summed E-state index contributed by atoms with van der Waals surface area (Å²) in [6, 6.07) is 14.0. The molecule has 0 saturated heterocycles. The third-order valence-electron chi connectivity index (χ3n) is 3.40. The first kappa shape index (κ1) is 15.4. The highest BCUT2D eigenvalue weighted by Crippen LogP contribution is 2.16. The minimum atomic E-state index is -0.101. The Morgan fingerprint density at radius 3 is 2.65 bits per heavy atom. The minimum absolute atomic E-state index is 0.101. The van der Waals surface area contributed by atoms with Crippen LogP contribution in [0.3, 0.4) is 0 Å².